The lowest BCUT2D eigenvalue weighted by atomic mass is 9.86. The number of nitrogens with one attached hydrogen (secondary N) is 4. The van der Waals surface area contributed by atoms with Gasteiger partial charge in [0, 0.05) is 36.7 Å². The van der Waals surface area contributed by atoms with Gasteiger partial charge in [0.25, 0.3) is 5.91 Å². The summed E-state index contributed by atoms with van der Waals surface area (Å²) in [4.78, 5) is 79.8. The molecule has 4 atom stereocenters. The number of hydrogen-bond acceptors (Lipinski definition) is 13. The van der Waals surface area contributed by atoms with Gasteiger partial charge in [-0.2, -0.15) is 5.26 Å². The Balaban J connectivity index is 1.53. The van der Waals surface area contributed by atoms with Crippen LogP contribution in [0.1, 0.15) is 72.9 Å². The number of likely N-dealkylation sites (N-methyl/N-ethyl adjacent to an activating group) is 1. The van der Waals surface area contributed by atoms with E-state index >= 15 is 0 Å². The molecule has 4 aromatic rings. The van der Waals surface area contributed by atoms with Crippen molar-refractivity contribution in [2.45, 2.75) is 77.0 Å². The zero-order chi connectivity index (χ0) is 46.2. The minimum absolute atomic E-state index is 0.0386. The van der Waals surface area contributed by atoms with Gasteiger partial charge in [-0.3, -0.25) is 24.0 Å². The summed E-state index contributed by atoms with van der Waals surface area (Å²) in [6, 6.07) is 13.7. The molecule has 18 nitrogen and oxygen atoms in total. The van der Waals surface area contributed by atoms with Crippen molar-refractivity contribution in [2.24, 2.45) is 11.5 Å². The largest absolute Gasteiger partial charge is 0.507 e. The number of hydrogen-bond donors (Lipinski definition) is 8. The van der Waals surface area contributed by atoms with Crippen LogP contribution in [0.4, 0.5) is 5.82 Å². The van der Waals surface area contributed by atoms with Crippen molar-refractivity contribution >= 4 is 35.4 Å². The van der Waals surface area contributed by atoms with Crippen LogP contribution in [-0.2, 0) is 31.0 Å². The Morgan fingerprint density at radius 3 is 2.35 bits per heavy atom. The summed E-state index contributed by atoms with van der Waals surface area (Å²) < 4.78 is 5.97. The van der Waals surface area contributed by atoms with Crippen LogP contribution in [-0.4, -0.2) is 101 Å². The lowest BCUT2D eigenvalue weighted by molar-refractivity contribution is -0.141. The van der Waals surface area contributed by atoms with Gasteiger partial charge in [0.05, 0.1) is 11.8 Å². The van der Waals surface area contributed by atoms with Gasteiger partial charge in [0.1, 0.15) is 60.2 Å². The number of phenolic OH excluding ortho intramolecular Hbond substituents is 1. The molecule has 63 heavy (non-hydrogen) atoms. The van der Waals surface area contributed by atoms with Gasteiger partial charge < -0.3 is 53.2 Å². The smallest absolute Gasteiger partial charge is 0.257 e. The molecule has 0 radical (unpaired) electrons. The van der Waals surface area contributed by atoms with Crippen LogP contribution in [0.15, 0.2) is 60.7 Å². The van der Waals surface area contributed by atoms with E-state index in [1.807, 2.05) is 30.3 Å². The zero-order valence-electron chi connectivity index (χ0n) is 36.2. The van der Waals surface area contributed by atoms with Crippen LogP contribution in [0.25, 0.3) is 22.5 Å². The summed E-state index contributed by atoms with van der Waals surface area (Å²) in [5.41, 5.74) is 21.4. The van der Waals surface area contributed by atoms with Crippen LogP contribution in [0, 0.1) is 18.3 Å². The first-order valence-electron chi connectivity index (χ1n) is 20.5. The number of amides is 5. The maximum atomic E-state index is 14.6. The topological polar surface area (TPSA) is 294 Å². The number of aromatic hydroxyl groups is 1. The Hall–Kier alpha value is -7.10. The molecule has 0 saturated carbocycles. The monoisotopic (exact) mass is 861 g/mol. The number of nitrogens with zero attached hydrogens (tertiary/aromatic N) is 4. The number of carbonyl (C=O) groups is 5. The standard InChI is InChI=1S/C45H55N11O7/c1-24-36(38(49)55-39(51-24)27-8-11-29(12-9-27)45(3,4)5)42(60)53-32(15-16-46)44(62)56(6)37-28-10-14-35(63-20-18-48)31(23-28)30-21-26(7-13-34(30)57)22-33(41(59)50-19-17-47)54-40(58)25(2)52-43(37)61/h7-14,21,23,25,32-33,37,57H,15-16,18-20,22,46,48H2,1-6H3,(H,50,59)(H,52,61)(H,53,60)(H,54,58)(H2,49,51,55)/t25-,32-,33-,37-/m0/s1. The first kappa shape index (κ1) is 47.0. The first-order valence-corrected chi connectivity index (χ1v) is 20.5. The number of aromatic nitrogens is 2. The van der Waals surface area contributed by atoms with E-state index in [4.69, 9.17) is 27.2 Å². The summed E-state index contributed by atoms with van der Waals surface area (Å²) in [6.45, 7) is 9.23. The van der Waals surface area contributed by atoms with E-state index < -0.39 is 53.7 Å². The number of aryl methyl sites for hydroxylation is 1. The molecule has 4 bridgehead atoms. The lowest BCUT2D eigenvalue weighted by Gasteiger charge is -2.32. The second kappa shape index (κ2) is 20.2. The molecule has 0 aliphatic carbocycles. The molecule has 0 saturated heterocycles. The van der Waals surface area contributed by atoms with Crippen molar-refractivity contribution < 1.29 is 33.8 Å². The average molecular weight is 862 g/mol. The summed E-state index contributed by atoms with van der Waals surface area (Å²) in [6.07, 6.45) is -0.0935. The molecule has 2 heterocycles. The molecule has 3 aromatic carbocycles. The van der Waals surface area contributed by atoms with Gasteiger partial charge in [-0.1, -0.05) is 57.2 Å². The van der Waals surface area contributed by atoms with E-state index in [9.17, 15) is 29.1 Å². The molecule has 1 aliphatic heterocycles. The number of fused-ring (bicyclic) bond motifs is 5. The summed E-state index contributed by atoms with van der Waals surface area (Å²) in [5.74, 6) is -3.32. The Kier molecular flexibility index (Phi) is 15.0. The number of carbonyl (C=O) groups excluding carboxylic acids is 5. The zero-order valence-corrected chi connectivity index (χ0v) is 36.2. The predicted octanol–water partition coefficient (Wildman–Crippen LogP) is 1.87. The molecule has 1 aliphatic rings. The van der Waals surface area contributed by atoms with Crippen LogP contribution >= 0.6 is 0 Å². The number of benzene rings is 3. The molecule has 11 N–H and O–H groups in total. The van der Waals surface area contributed by atoms with Gasteiger partial charge in [-0.05, 0) is 73.2 Å². The fourth-order valence-electron chi connectivity index (χ4n) is 7.20. The molecule has 0 fully saturated rings. The molecule has 1 aromatic heterocycles. The predicted molar refractivity (Wildman–Crippen MR) is 236 cm³/mol. The highest BCUT2D eigenvalue weighted by Crippen LogP contribution is 2.39. The second-order valence-corrected chi connectivity index (χ2v) is 16.3. The lowest BCUT2D eigenvalue weighted by Crippen LogP contribution is -2.56. The maximum absolute atomic E-state index is 14.6. The van der Waals surface area contributed by atoms with Crippen molar-refractivity contribution in [1.29, 1.82) is 5.26 Å². The molecule has 18 heteroatoms. The minimum Gasteiger partial charge on any atom is -0.507 e. The van der Waals surface area contributed by atoms with E-state index in [0.29, 0.717) is 28.3 Å². The normalized spacial score (nSPS) is 16.9. The maximum Gasteiger partial charge on any atom is 0.257 e. The molecule has 332 valence electrons. The third-order valence-corrected chi connectivity index (χ3v) is 10.6. The van der Waals surface area contributed by atoms with Crippen molar-refractivity contribution in [2.75, 3.05) is 39.0 Å². The van der Waals surface area contributed by atoms with Crippen molar-refractivity contribution in [3.05, 3.63) is 88.6 Å². The van der Waals surface area contributed by atoms with Gasteiger partial charge >= 0.3 is 0 Å². The first-order chi connectivity index (χ1) is 29.9. The van der Waals surface area contributed by atoms with E-state index in [2.05, 4.69) is 52.0 Å². The third kappa shape index (κ3) is 11.1. The summed E-state index contributed by atoms with van der Waals surface area (Å²) in [7, 11) is 1.37. The Morgan fingerprint density at radius 1 is 1.00 bits per heavy atom. The van der Waals surface area contributed by atoms with Crippen LogP contribution in [0.2, 0.25) is 0 Å². The molecular weight excluding hydrogens is 807 g/mol. The van der Waals surface area contributed by atoms with Crippen LogP contribution in [0.3, 0.4) is 0 Å². The second-order valence-electron chi connectivity index (χ2n) is 16.3. The fraction of sp³-hybridized carbons (Fsp3) is 0.378. The number of rotatable bonds is 12. The number of nitrogen functional groups attached to an aromatic ring is 1. The number of nitrogens with two attached hydrogens (primary N) is 3. The molecular formula is C45H55N11O7. The van der Waals surface area contributed by atoms with Crippen molar-refractivity contribution in [3.8, 4) is 40.1 Å². The highest BCUT2D eigenvalue weighted by atomic mass is 16.5. The van der Waals surface area contributed by atoms with Crippen LogP contribution in [0.5, 0.6) is 11.5 Å². The Bertz CT molecular complexity index is 2390. The van der Waals surface area contributed by atoms with E-state index in [0.717, 1.165) is 10.5 Å². The summed E-state index contributed by atoms with van der Waals surface area (Å²) >= 11 is 0. The molecule has 0 spiro atoms. The van der Waals surface area contributed by atoms with Crippen molar-refractivity contribution in [1.82, 2.24) is 36.1 Å². The quantitative estimate of drug-likeness (QED) is 0.0946. The van der Waals surface area contributed by atoms with E-state index in [-0.39, 0.29) is 78.4 Å². The molecule has 5 rings (SSSR count). The van der Waals surface area contributed by atoms with Gasteiger partial charge in [0.15, 0.2) is 5.82 Å². The Labute approximate surface area is 366 Å². The van der Waals surface area contributed by atoms with Gasteiger partial charge in [0.2, 0.25) is 23.6 Å². The minimum atomic E-state index is -1.45. The van der Waals surface area contributed by atoms with E-state index in [1.165, 1.54) is 20.0 Å². The SMILES string of the molecule is Cc1nc(-c2ccc(C(C)(C)C)cc2)nc(N)c1C(=O)N[C@@H](CCN)C(=O)N(C)[C@@H]1C(=O)N[C@@H](C)C(=O)N[C@H](C(=O)NCC#N)Cc2ccc(O)c(c2)-c2cc1ccc2OCCN. The average Bonchev–Trinajstić information content (AvgIpc) is 3.24. The molecule has 0 unspecified atom stereocenters. The van der Waals surface area contributed by atoms with Crippen molar-refractivity contribution in [3.63, 3.8) is 0 Å². The number of nitriles is 1. The number of anilines is 1. The highest BCUT2D eigenvalue weighted by Gasteiger charge is 2.36. The number of phenols is 1. The van der Waals surface area contributed by atoms with Gasteiger partial charge in [-0.15, -0.1) is 0 Å². The highest BCUT2D eigenvalue weighted by molar-refractivity contribution is 6.02. The number of ether oxygens (including phenoxy) is 1. The van der Waals surface area contributed by atoms with Crippen LogP contribution < -0.4 is 43.2 Å². The van der Waals surface area contributed by atoms with E-state index in [1.54, 1.807) is 37.3 Å². The Morgan fingerprint density at radius 2 is 1.71 bits per heavy atom. The third-order valence-electron chi connectivity index (χ3n) is 10.6. The van der Waals surface area contributed by atoms with Gasteiger partial charge in [-0.25, -0.2) is 9.97 Å². The fourth-order valence-corrected chi connectivity index (χ4v) is 7.20. The summed E-state index contributed by atoms with van der Waals surface area (Å²) in [5, 5.41) is 30.8. The molecule has 5 amide bonds.